The van der Waals surface area contributed by atoms with Crippen molar-refractivity contribution in [2.75, 3.05) is 5.32 Å². The number of carbonyl (C=O) groups excluding carboxylic acids is 1. The fourth-order valence-corrected chi connectivity index (χ4v) is 3.37. The molecule has 2 aromatic heterocycles. The van der Waals surface area contributed by atoms with Crippen molar-refractivity contribution in [3.8, 4) is 0 Å². The van der Waals surface area contributed by atoms with Crippen LogP contribution < -0.4 is 10.6 Å². The highest BCUT2D eigenvalue weighted by atomic mass is 35.5. The molecule has 5 nitrogen and oxygen atoms in total. The van der Waals surface area contributed by atoms with E-state index < -0.39 is 0 Å². The van der Waals surface area contributed by atoms with Gasteiger partial charge in [0.2, 0.25) is 0 Å². The fraction of sp³-hybridized carbons (Fsp3) is 0.167. The lowest BCUT2D eigenvalue weighted by atomic mass is 10.1. The lowest BCUT2D eigenvalue weighted by Crippen LogP contribution is -2.33. The third-order valence-corrected chi connectivity index (χ3v) is 5.13. The van der Waals surface area contributed by atoms with Crippen LogP contribution in [0.4, 0.5) is 11.5 Å². The van der Waals surface area contributed by atoms with Crippen molar-refractivity contribution in [1.29, 1.82) is 0 Å². The Kier molecular flexibility index (Phi) is 6.00. The van der Waals surface area contributed by atoms with Crippen molar-refractivity contribution in [3.05, 3.63) is 89.3 Å². The Morgan fingerprint density at radius 2 is 1.87 bits per heavy atom. The molecule has 2 heterocycles. The van der Waals surface area contributed by atoms with E-state index in [4.69, 9.17) is 16.0 Å². The molecule has 0 saturated carbocycles. The summed E-state index contributed by atoms with van der Waals surface area (Å²) in [5.74, 6) is 0.332. The quantitative estimate of drug-likeness (QED) is 0.387. The van der Waals surface area contributed by atoms with Gasteiger partial charge in [-0.3, -0.25) is 4.79 Å². The molecular formula is C24H22ClN3O2. The molecule has 6 heteroatoms. The van der Waals surface area contributed by atoms with E-state index in [9.17, 15) is 4.79 Å². The number of fused-ring (bicyclic) bond motifs is 1. The molecule has 4 aromatic rings. The molecule has 30 heavy (non-hydrogen) atoms. The molecule has 0 fully saturated rings. The second-order valence-corrected chi connectivity index (χ2v) is 7.66. The summed E-state index contributed by atoms with van der Waals surface area (Å²) in [6, 6.07) is 21.0. The van der Waals surface area contributed by atoms with Crippen LogP contribution in [0.3, 0.4) is 0 Å². The van der Waals surface area contributed by atoms with Crippen LogP contribution in [-0.4, -0.2) is 16.9 Å². The molecule has 1 amide bonds. The van der Waals surface area contributed by atoms with Crippen molar-refractivity contribution in [3.63, 3.8) is 0 Å². The molecule has 0 spiro atoms. The third kappa shape index (κ3) is 4.81. The average molecular weight is 420 g/mol. The van der Waals surface area contributed by atoms with E-state index in [0.717, 1.165) is 23.9 Å². The van der Waals surface area contributed by atoms with Gasteiger partial charge in [0.1, 0.15) is 17.1 Å². The standard InChI is InChI=1S/C24H22ClN3O2/c1-16(7-8-17-5-3-2-4-6-17)26-24(29)21-15-22-20(13-14-30-22)23(28-21)27-19-11-9-18(25)10-12-19/h2-6,9-16H,7-8H2,1H3,(H,26,29)(H,27,28)/t16-/m1/s1. The van der Waals surface area contributed by atoms with Gasteiger partial charge in [0.05, 0.1) is 11.6 Å². The van der Waals surface area contributed by atoms with Gasteiger partial charge in [0.25, 0.3) is 5.91 Å². The first kappa shape index (κ1) is 20.0. The molecule has 4 rings (SSSR count). The topological polar surface area (TPSA) is 67.2 Å². The highest BCUT2D eigenvalue weighted by molar-refractivity contribution is 6.30. The van der Waals surface area contributed by atoms with Crippen LogP contribution in [0, 0.1) is 0 Å². The first-order chi connectivity index (χ1) is 14.6. The smallest absolute Gasteiger partial charge is 0.270 e. The second-order valence-electron chi connectivity index (χ2n) is 7.22. The Morgan fingerprint density at radius 3 is 2.63 bits per heavy atom. The largest absolute Gasteiger partial charge is 0.464 e. The number of hydrogen-bond donors (Lipinski definition) is 2. The number of halogens is 1. The number of nitrogens with one attached hydrogen (secondary N) is 2. The van der Waals surface area contributed by atoms with Gasteiger partial charge < -0.3 is 15.1 Å². The Balaban J connectivity index is 1.49. The number of aromatic nitrogens is 1. The van der Waals surface area contributed by atoms with Gasteiger partial charge >= 0.3 is 0 Å². The first-order valence-corrected chi connectivity index (χ1v) is 10.2. The number of benzene rings is 2. The molecule has 0 aliphatic carbocycles. The van der Waals surface area contributed by atoms with Crippen LogP contribution in [-0.2, 0) is 6.42 Å². The molecule has 0 saturated heterocycles. The van der Waals surface area contributed by atoms with E-state index in [-0.39, 0.29) is 11.9 Å². The van der Waals surface area contributed by atoms with Crippen LogP contribution in [0.5, 0.6) is 0 Å². The molecule has 0 radical (unpaired) electrons. The Labute approximate surface area is 180 Å². The van der Waals surface area contributed by atoms with Gasteiger partial charge in [-0.15, -0.1) is 0 Å². The minimum absolute atomic E-state index is 0.0134. The predicted molar refractivity (Wildman–Crippen MR) is 120 cm³/mol. The molecule has 2 aromatic carbocycles. The number of hydrogen-bond acceptors (Lipinski definition) is 4. The van der Waals surface area contributed by atoms with E-state index in [1.807, 2.05) is 43.3 Å². The summed E-state index contributed by atoms with van der Waals surface area (Å²) in [7, 11) is 0. The zero-order valence-electron chi connectivity index (χ0n) is 16.6. The Bertz CT molecular complexity index is 1140. The maximum Gasteiger partial charge on any atom is 0.270 e. The SMILES string of the molecule is C[C@H](CCc1ccccc1)NC(=O)c1cc2occc2c(Nc2ccc(Cl)cc2)n1. The van der Waals surface area contributed by atoms with E-state index in [1.165, 1.54) is 5.56 Å². The number of pyridine rings is 1. The lowest BCUT2D eigenvalue weighted by molar-refractivity contribution is 0.0933. The van der Waals surface area contributed by atoms with Crippen LogP contribution in [0.2, 0.25) is 5.02 Å². The van der Waals surface area contributed by atoms with Crippen LogP contribution in [0.25, 0.3) is 11.0 Å². The molecule has 0 aliphatic rings. The Hall–Kier alpha value is -3.31. The van der Waals surface area contributed by atoms with E-state index in [2.05, 4.69) is 27.8 Å². The minimum atomic E-state index is -0.229. The van der Waals surface area contributed by atoms with Gasteiger partial charge in [-0.05, 0) is 55.7 Å². The number of carbonyl (C=O) groups is 1. The van der Waals surface area contributed by atoms with Gasteiger partial charge in [0, 0.05) is 22.8 Å². The number of nitrogens with zero attached hydrogens (tertiary/aromatic N) is 1. The first-order valence-electron chi connectivity index (χ1n) is 9.84. The minimum Gasteiger partial charge on any atom is -0.464 e. The maximum absolute atomic E-state index is 12.8. The third-order valence-electron chi connectivity index (χ3n) is 4.88. The number of aryl methyl sites for hydroxylation is 1. The van der Waals surface area contributed by atoms with Crippen molar-refractivity contribution in [1.82, 2.24) is 10.3 Å². The van der Waals surface area contributed by atoms with Crippen molar-refractivity contribution in [2.45, 2.75) is 25.8 Å². The maximum atomic E-state index is 12.8. The summed E-state index contributed by atoms with van der Waals surface area (Å²) < 4.78 is 5.54. The molecule has 2 N–H and O–H groups in total. The van der Waals surface area contributed by atoms with Crippen molar-refractivity contribution < 1.29 is 9.21 Å². The zero-order valence-corrected chi connectivity index (χ0v) is 17.3. The summed E-state index contributed by atoms with van der Waals surface area (Å²) in [4.78, 5) is 17.4. The number of furan rings is 1. The summed E-state index contributed by atoms with van der Waals surface area (Å²) in [6.07, 6.45) is 3.33. The van der Waals surface area contributed by atoms with Crippen molar-refractivity contribution in [2.24, 2.45) is 0 Å². The van der Waals surface area contributed by atoms with Gasteiger partial charge in [-0.25, -0.2) is 4.98 Å². The molecule has 0 aliphatic heterocycles. The van der Waals surface area contributed by atoms with Gasteiger partial charge in [0.15, 0.2) is 0 Å². The van der Waals surface area contributed by atoms with Crippen molar-refractivity contribution >= 4 is 40.0 Å². The predicted octanol–water partition coefficient (Wildman–Crippen LogP) is 5.98. The zero-order chi connectivity index (χ0) is 20.9. The summed E-state index contributed by atoms with van der Waals surface area (Å²) in [6.45, 7) is 2.00. The molecule has 0 unspecified atom stereocenters. The number of anilines is 2. The molecular weight excluding hydrogens is 398 g/mol. The van der Waals surface area contributed by atoms with E-state index in [0.29, 0.717) is 22.1 Å². The summed E-state index contributed by atoms with van der Waals surface area (Å²) in [5, 5.41) is 7.74. The van der Waals surface area contributed by atoms with Gasteiger partial charge in [-0.1, -0.05) is 41.9 Å². The molecule has 1 atom stereocenters. The molecule has 0 bridgehead atoms. The monoisotopic (exact) mass is 419 g/mol. The average Bonchev–Trinajstić information content (AvgIpc) is 3.24. The highest BCUT2D eigenvalue weighted by Gasteiger charge is 2.16. The lowest BCUT2D eigenvalue weighted by Gasteiger charge is -2.14. The normalized spacial score (nSPS) is 11.9. The van der Waals surface area contributed by atoms with Crippen LogP contribution >= 0.6 is 11.6 Å². The van der Waals surface area contributed by atoms with E-state index in [1.54, 1.807) is 24.5 Å². The number of amides is 1. The van der Waals surface area contributed by atoms with E-state index >= 15 is 0 Å². The summed E-state index contributed by atoms with van der Waals surface area (Å²) in [5.41, 5.74) is 2.98. The summed E-state index contributed by atoms with van der Waals surface area (Å²) >= 11 is 5.96. The van der Waals surface area contributed by atoms with Gasteiger partial charge in [-0.2, -0.15) is 0 Å². The second kappa shape index (κ2) is 9.01. The van der Waals surface area contributed by atoms with Crippen LogP contribution in [0.1, 0.15) is 29.4 Å². The van der Waals surface area contributed by atoms with Crippen LogP contribution in [0.15, 0.2) is 77.4 Å². The molecule has 152 valence electrons. The number of rotatable bonds is 7. The Morgan fingerprint density at radius 1 is 1.10 bits per heavy atom. The highest BCUT2D eigenvalue weighted by Crippen LogP contribution is 2.27. The fourth-order valence-electron chi connectivity index (χ4n) is 3.24.